The summed E-state index contributed by atoms with van der Waals surface area (Å²) in [6, 6.07) is 14.6. The lowest BCUT2D eigenvalue weighted by atomic mass is 10.1. The summed E-state index contributed by atoms with van der Waals surface area (Å²) in [5.74, 6) is -1.18. The molecule has 7 heteroatoms. The van der Waals surface area contributed by atoms with E-state index in [0.717, 1.165) is 5.56 Å². The van der Waals surface area contributed by atoms with Gasteiger partial charge in [0.25, 0.3) is 0 Å². The van der Waals surface area contributed by atoms with E-state index >= 15 is 0 Å². The molecule has 0 heterocycles. The van der Waals surface area contributed by atoms with E-state index in [4.69, 9.17) is 4.74 Å². The van der Waals surface area contributed by atoms with Gasteiger partial charge in [0.1, 0.15) is 6.54 Å². The van der Waals surface area contributed by atoms with Gasteiger partial charge in [-0.05, 0) is 26.0 Å². The van der Waals surface area contributed by atoms with E-state index in [2.05, 4.69) is 4.72 Å². The van der Waals surface area contributed by atoms with E-state index < -0.39 is 28.6 Å². The van der Waals surface area contributed by atoms with Crippen molar-refractivity contribution in [2.45, 2.75) is 24.8 Å². The quantitative estimate of drug-likeness (QED) is 0.602. The molecule has 0 aliphatic rings. The predicted molar refractivity (Wildman–Crippen MR) is 92.7 cm³/mol. The van der Waals surface area contributed by atoms with Crippen LogP contribution < -0.4 is 4.72 Å². The van der Waals surface area contributed by atoms with Crippen molar-refractivity contribution in [1.82, 2.24) is 4.72 Å². The molecule has 0 radical (unpaired) electrons. The number of benzene rings is 2. The van der Waals surface area contributed by atoms with Crippen molar-refractivity contribution in [2.75, 3.05) is 6.54 Å². The number of ether oxygens (including phenoxy) is 1. The van der Waals surface area contributed by atoms with E-state index in [1.807, 2.05) is 6.92 Å². The Morgan fingerprint density at radius 2 is 1.64 bits per heavy atom. The molecule has 1 N–H and O–H groups in total. The van der Waals surface area contributed by atoms with Crippen LogP contribution in [0.5, 0.6) is 0 Å². The molecular formula is C18H19NO5S. The molecule has 0 aromatic heterocycles. The van der Waals surface area contributed by atoms with Crippen molar-refractivity contribution in [3.05, 3.63) is 65.7 Å². The van der Waals surface area contributed by atoms with Crippen molar-refractivity contribution in [2.24, 2.45) is 0 Å². The highest BCUT2D eigenvalue weighted by molar-refractivity contribution is 7.89. The number of sulfonamides is 1. The van der Waals surface area contributed by atoms with Crippen LogP contribution in [0, 0.1) is 6.92 Å². The third-order valence-electron chi connectivity index (χ3n) is 3.47. The van der Waals surface area contributed by atoms with E-state index in [9.17, 15) is 18.0 Å². The summed E-state index contributed by atoms with van der Waals surface area (Å²) in [5, 5.41) is 0. The van der Waals surface area contributed by atoms with Crippen LogP contribution in [0.2, 0.25) is 0 Å². The molecule has 0 bridgehead atoms. The molecule has 0 aliphatic heterocycles. The molecule has 6 nitrogen and oxygen atoms in total. The number of ketones is 1. The van der Waals surface area contributed by atoms with Gasteiger partial charge in [-0.15, -0.1) is 0 Å². The van der Waals surface area contributed by atoms with Gasteiger partial charge in [0.15, 0.2) is 6.10 Å². The van der Waals surface area contributed by atoms with Crippen molar-refractivity contribution < 1.29 is 22.7 Å². The van der Waals surface area contributed by atoms with Crippen molar-refractivity contribution in [3.63, 3.8) is 0 Å². The zero-order chi connectivity index (χ0) is 18.4. The number of aryl methyl sites for hydroxylation is 1. The monoisotopic (exact) mass is 361 g/mol. The second-order valence-electron chi connectivity index (χ2n) is 5.50. The smallest absolute Gasteiger partial charge is 0.321 e. The van der Waals surface area contributed by atoms with Gasteiger partial charge in [0.05, 0.1) is 4.90 Å². The largest absolute Gasteiger partial charge is 0.453 e. The number of carbonyl (C=O) groups is 2. The summed E-state index contributed by atoms with van der Waals surface area (Å²) in [5.41, 5.74) is 1.34. The number of esters is 1. The van der Waals surface area contributed by atoms with Crippen molar-refractivity contribution in [3.8, 4) is 0 Å². The van der Waals surface area contributed by atoms with Crippen LogP contribution in [0.1, 0.15) is 22.8 Å². The average Bonchev–Trinajstić information content (AvgIpc) is 2.60. The number of carbonyl (C=O) groups excluding carboxylic acids is 2. The molecule has 1 atom stereocenters. The maximum absolute atomic E-state index is 12.1. The van der Waals surface area contributed by atoms with Gasteiger partial charge < -0.3 is 4.74 Å². The molecule has 25 heavy (non-hydrogen) atoms. The highest BCUT2D eigenvalue weighted by atomic mass is 32.2. The van der Waals surface area contributed by atoms with Crippen LogP contribution in [0.4, 0.5) is 0 Å². The first kappa shape index (κ1) is 18.8. The fourth-order valence-electron chi connectivity index (χ4n) is 2.08. The third-order valence-corrected chi connectivity index (χ3v) is 4.89. The predicted octanol–water partition coefficient (Wildman–Crippen LogP) is 2.09. The summed E-state index contributed by atoms with van der Waals surface area (Å²) in [6.07, 6.45) is -1.00. The number of hydrogen-bond acceptors (Lipinski definition) is 5. The highest BCUT2D eigenvalue weighted by Crippen LogP contribution is 2.10. The topological polar surface area (TPSA) is 89.5 Å². The molecule has 2 aromatic rings. The lowest BCUT2D eigenvalue weighted by molar-refractivity contribution is -0.144. The molecule has 0 aliphatic carbocycles. The summed E-state index contributed by atoms with van der Waals surface area (Å²) in [7, 11) is -3.82. The first-order valence-corrected chi connectivity index (χ1v) is 9.13. The Morgan fingerprint density at radius 3 is 2.24 bits per heavy atom. The second-order valence-corrected chi connectivity index (χ2v) is 7.27. The SMILES string of the molecule is Cc1ccc(S(=O)(=O)NCC(=O)O[C@@H](C)C(=O)c2ccccc2)cc1. The summed E-state index contributed by atoms with van der Waals surface area (Å²) in [4.78, 5) is 24.0. The molecule has 0 saturated carbocycles. The van der Waals surface area contributed by atoms with Crippen LogP contribution >= 0.6 is 0 Å². The Labute approximate surface area is 146 Å². The van der Waals surface area contributed by atoms with Gasteiger partial charge in [0.2, 0.25) is 15.8 Å². The molecule has 0 fully saturated rings. The lowest BCUT2D eigenvalue weighted by Crippen LogP contribution is -2.34. The zero-order valence-corrected chi connectivity index (χ0v) is 14.7. The van der Waals surface area contributed by atoms with E-state index in [0.29, 0.717) is 5.56 Å². The van der Waals surface area contributed by atoms with Gasteiger partial charge >= 0.3 is 5.97 Å². The Morgan fingerprint density at radius 1 is 1.04 bits per heavy atom. The Balaban J connectivity index is 1.91. The molecule has 0 spiro atoms. The normalized spacial score (nSPS) is 12.4. The molecule has 2 aromatic carbocycles. The summed E-state index contributed by atoms with van der Waals surface area (Å²) in [6.45, 7) is 2.73. The summed E-state index contributed by atoms with van der Waals surface area (Å²) >= 11 is 0. The van der Waals surface area contributed by atoms with Crippen LogP contribution in [-0.2, 0) is 19.6 Å². The standard InChI is InChI=1S/C18H19NO5S/c1-13-8-10-16(11-9-13)25(22,23)19-12-17(20)24-14(2)18(21)15-6-4-3-5-7-15/h3-11,14,19H,12H2,1-2H3/t14-/m0/s1. The highest BCUT2D eigenvalue weighted by Gasteiger charge is 2.21. The Kier molecular flexibility index (Phi) is 6.06. The number of rotatable bonds is 7. The second kappa shape index (κ2) is 8.04. The number of hydrogen-bond donors (Lipinski definition) is 1. The minimum Gasteiger partial charge on any atom is -0.453 e. The maximum atomic E-state index is 12.1. The van der Waals surface area contributed by atoms with Crippen LogP contribution in [0.3, 0.4) is 0 Å². The van der Waals surface area contributed by atoms with Crippen LogP contribution in [0.15, 0.2) is 59.5 Å². The zero-order valence-electron chi connectivity index (χ0n) is 13.9. The Bertz CT molecular complexity index is 845. The van der Waals surface area contributed by atoms with Gasteiger partial charge in [0, 0.05) is 5.56 Å². The maximum Gasteiger partial charge on any atom is 0.321 e. The molecule has 2 rings (SSSR count). The Hall–Kier alpha value is -2.51. The molecule has 0 amide bonds. The van der Waals surface area contributed by atoms with E-state index in [-0.39, 0.29) is 10.7 Å². The first-order valence-electron chi connectivity index (χ1n) is 7.64. The first-order chi connectivity index (χ1) is 11.8. The van der Waals surface area contributed by atoms with Gasteiger partial charge in [-0.3, -0.25) is 9.59 Å². The van der Waals surface area contributed by atoms with Crippen LogP contribution in [-0.4, -0.2) is 32.8 Å². The van der Waals surface area contributed by atoms with Crippen LogP contribution in [0.25, 0.3) is 0 Å². The minimum absolute atomic E-state index is 0.0549. The molecular weight excluding hydrogens is 342 g/mol. The number of nitrogens with one attached hydrogen (secondary N) is 1. The average molecular weight is 361 g/mol. The van der Waals surface area contributed by atoms with Crippen molar-refractivity contribution >= 4 is 21.8 Å². The fourth-order valence-corrected chi connectivity index (χ4v) is 3.05. The lowest BCUT2D eigenvalue weighted by Gasteiger charge is -2.13. The third kappa shape index (κ3) is 5.23. The van der Waals surface area contributed by atoms with E-state index in [1.165, 1.54) is 19.1 Å². The van der Waals surface area contributed by atoms with Gasteiger partial charge in [-0.25, -0.2) is 8.42 Å². The minimum atomic E-state index is -3.82. The molecule has 132 valence electrons. The van der Waals surface area contributed by atoms with Crippen molar-refractivity contribution in [1.29, 1.82) is 0 Å². The van der Waals surface area contributed by atoms with E-state index in [1.54, 1.807) is 42.5 Å². The summed E-state index contributed by atoms with van der Waals surface area (Å²) < 4.78 is 31.4. The molecule has 0 saturated heterocycles. The molecule has 0 unspecified atom stereocenters. The number of Topliss-reactive ketones (excluding diaryl/α,β-unsaturated/α-hetero) is 1. The fraction of sp³-hybridized carbons (Fsp3) is 0.222. The van der Waals surface area contributed by atoms with Gasteiger partial charge in [-0.2, -0.15) is 4.72 Å². The van der Waals surface area contributed by atoms with Gasteiger partial charge in [-0.1, -0.05) is 48.0 Å².